The molecule has 2 heterocycles. The van der Waals surface area contributed by atoms with Crippen LogP contribution in [0.3, 0.4) is 0 Å². The molecule has 0 aliphatic carbocycles. The second-order valence-corrected chi connectivity index (χ2v) is 6.78. The van der Waals surface area contributed by atoms with Gasteiger partial charge in [-0.2, -0.15) is 0 Å². The summed E-state index contributed by atoms with van der Waals surface area (Å²) in [5.41, 5.74) is 3.98. The number of carbonyl (C=O) groups excluding carboxylic acids is 1. The number of nitrogens with zero attached hydrogens (tertiary/aromatic N) is 2. The summed E-state index contributed by atoms with van der Waals surface area (Å²) in [4.78, 5) is 19.3. The second-order valence-electron chi connectivity index (χ2n) is 6.78. The van der Waals surface area contributed by atoms with Crippen molar-refractivity contribution >= 4 is 22.5 Å². The molecular formula is C22H23N3O. The first-order chi connectivity index (χ1) is 12.7. The Kier molecular flexibility index (Phi) is 4.57. The minimum Gasteiger partial charge on any atom is -0.380 e. The summed E-state index contributed by atoms with van der Waals surface area (Å²) in [5, 5.41) is 4.80. The minimum atomic E-state index is 0.115. The predicted octanol–water partition coefficient (Wildman–Crippen LogP) is 4.12. The van der Waals surface area contributed by atoms with E-state index >= 15 is 0 Å². The number of anilines is 1. The normalized spacial score (nSPS) is 16.8. The maximum Gasteiger partial charge on any atom is 0.253 e. The number of rotatable bonds is 4. The Balaban J connectivity index is 1.52. The van der Waals surface area contributed by atoms with E-state index in [4.69, 9.17) is 4.98 Å². The van der Waals surface area contributed by atoms with Gasteiger partial charge < -0.3 is 10.2 Å². The van der Waals surface area contributed by atoms with Gasteiger partial charge in [-0.1, -0.05) is 43.3 Å². The molecule has 1 unspecified atom stereocenters. The lowest BCUT2D eigenvalue weighted by molar-refractivity contribution is 0.0791. The van der Waals surface area contributed by atoms with Crippen LogP contribution in [0, 0.1) is 0 Å². The minimum absolute atomic E-state index is 0.115. The smallest absolute Gasteiger partial charge is 0.253 e. The molecule has 1 amide bonds. The second kappa shape index (κ2) is 7.16. The summed E-state index contributed by atoms with van der Waals surface area (Å²) in [6, 6.07) is 20.1. The molecule has 0 spiro atoms. The molecule has 1 saturated heterocycles. The van der Waals surface area contributed by atoms with Crippen molar-refractivity contribution in [3.05, 3.63) is 71.9 Å². The Morgan fingerprint density at radius 1 is 1.15 bits per heavy atom. The Morgan fingerprint density at radius 2 is 1.92 bits per heavy atom. The van der Waals surface area contributed by atoms with Gasteiger partial charge in [0.2, 0.25) is 0 Å². The van der Waals surface area contributed by atoms with Gasteiger partial charge in [0.25, 0.3) is 5.91 Å². The average molecular weight is 345 g/mol. The molecule has 0 radical (unpaired) electrons. The molecule has 3 aromatic rings. The number of fused-ring (bicyclic) bond motifs is 1. The van der Waals surface area contributed by atoms with Gasteiger partial charge in [0.15, 0.2) is 0 Å². The monoisotopic (exact) mass is 345 g/mol. The van der Waals surface area contributed by atoms with Crippen molar-refractivity contribution in [2.24, 2.45) is 0 Å². The van der Waals surface area contributed by atoms with Gasteiger partial charge in [0.1, 0.15) is 0 Å². The van der Waals surface area contributed by atoms with Crippen molar-refractivity contribution in [2.45, 2.75) is 25.8 Å². The molecule has 1 fully saturated rings. The molecule has 4 rings (SSSR count). The van der Waals surface area contributed by atoms with Crippen LogP contribution in [0.15, 0.2) is 60.7 Å². The maximum atomic E-state index is 12.6. The highest BCUT2D eigenvalue weighted by Crippen LogP contribution is 2.26. The standard InChI is InChI=1S/C22H23N3O/c1-2-17-14-21(19-10-6-7-11-20(19)23-17)24-18-12-13-25(15-18)22(26)16-8-4-3-5-9-16/h3-11,14,18H,2,12-13,15H2,1H3,(H,23,24). The van der Waals surface area contributed by atoms with Crippen molar-refractivity contribution in [3.8, 4) is 0 Å². The number of benzene rings is 2. The van der Waals surface area contributed by atoms with Gasteiger partial charge >= 0.3 is 0 Å². The van der Waals surface area contributed by atoms with E-state index < -0.39 is 0 Å². The van der Waals surface area contributed by atoms with Crippen molar-refractivity contribution in [1.29, 1.82) is 0 Å². The average Bonchev–Trinajstić information content (AvgIpc) is 3.16. The first kappa shape index (κ1) is 16.6. The van der Waals surface area contributed by atoms with Gasteiger partial charge in [-0.15, -0.1) is 0 Å². The van der Waals surface area contributed by atoms with Crippen molar-refractivity contribution < 1.29 is 4.79 Å². The lowest BCUT2D eigenvalue weighted by Gasteiger charge is -2.19. The van der Waals surface area contributed by atoms with Crippen LogP contribution in [0.4, 0.5) is 5.69 Å². The number of likely N-dealkylation sites (tertiary alicyclic amines) is 1. The fraction of sp³-hybridized carbons (Fsp3) is 0.273. The molecule has 4 nitrogen and oxygen atoms in total. The van der Waals surface area contributed by atoms with Crippen LogP contribution in [0.5, 0.6) is 0 Å². The highest BCUT2D eigenvalue weighted by molar-refractivity contribution is 5.94. The molecule has 0 saturated carbocycles. The fourth-order valence-electron chi connectivity index (χ4n) is 3.58. The summed E-state index contributed by atoms with van der Waals surface area (Å²) < 4.78 is 0. The number of carbonyl (C=O) groups is 1. The van der Waals surface area contributed by atoms with Crippen LogP contribution in [-0.2, 0) is 6.42 Å². The van der Waals surface area contributed by atoms with Crippen molar-refractivity contribution in [2.75, 3.05) is 18.4 Å². The van der Waals surface area contributed by atoms with E-state index in [1.807, 2.05) is 47.4 Å². The van der Waals surface area contributed by atoms with E-state index in [0.717, 1.165) is 53.8 Å². The fourth-order valence-corrected chi connectivity index (χ4v) is 3.58. The molecule has 1 N–H and O–H groups in total. The SMILES string of the molecule is CCc1cc(NC2CCN(C(=O)c3ccccc3)C2)c2ccccc2n1. The zero-order valence-electron chi connectivity index (χ0n) is 15.0. The lowest BCUT2D eigenvalue weighted by Crippen LogP contribution is -2.31. The molecule has 4 heteroatoms. The van der Waals surface area contributed by atoms with Crippen molar-refractivity contribution in [3.63, 3.8) is 0 Å². The van der Waals surface area contributed by atoms with Crippen molar-refractivity contribution in [1.82, 2.24) is 9.88 Å². The molecule has 26 heavy (non-hydrogen) atoms. The van der Waals surface area contributed by atoms with E-state index in [9.17, 15) is 4.79 Å². The number of amides is 1. The number of para-hydroxylation sites is 1. The first-order valence-corrected chi connectivity index (χ1v) is 9.24. The van der Waals surface area contributed by atoms with Gasteiger partial charge in [-0.3, -0.25) is 9.78 Å². The number of aromatic nitrogens is 1. The Morgan fingerprint density at radius 3 is 2.73 bits per heavy atom. The predicted molar refractivity (Wildman–Crippen MR) is 105 cm³/mol. The van der Waals surface area contributed by atoms with E-state index in [2.05, 4.69) is 30.4 Å². The first-order valence-electron chi connectivity index (χ1n) is 9.24. The van der Waals surface area contributed by atoms with E-state index in [1.54, 1.807) is 0 Å². The third kappa shape index (κ3) is 3.27. The number of hydrogen-bond acceptors (Lipinski definition) is 3. The molecule has 1 atom stereocenters. The topological polar surface area (TPSA) is 45.2 Å². The van der Waals surface area contributed by atoms with Crippen LogP contribution in [0.2, 0.25) is 0 Å². The third-order valence-electron chi connectivity index (χ3n) is 4.99. The number of hydrogen-bond donors (Lipinski definition) is 1. The Labute approximate surface area is 153 Å². The van der Waals surface area contributed by atoms with Crippen LogP contribution in [0.25, 0.3) is 10.9 Å². The van der Waals surface area contributed by atoms with Crippen LogP contribution >= 0.6 is 0 Å². The number of aryl methyl sites for hydroxylation is 1. The molecule has 132 valence electrons. The molecule has 1 aromatic heterocycles. The molecule has 1 aliphatic heterocycles. The van der Waals surface area contributed by atoms with Gasteiger partial charge in [0, 0.05) is 41.5 Å². The highest BCUT2D eigenvalue weighted by atomic mass is 16.2. The summed E-state index contributed by atoms with van der Waals surface area (Å²) >= 11 is 0. The van der Waals surface area contributed by atoms with Crippen LogP contribution in [0.1, 0.15) is 29.4 Å². The van der Waals surface area contributed by atoms with Crippen LogP contribution < -0.4 is 5.32 Å². The van der Waals surface area contributed by atoms with Crippen LogP contribution in [-0.4, -0.2) is 34.9 Å². The zero-order valence-corrected chi connectivity index (χ0v) is 15.0. The van der Waals surface area contributed by atoms with Gasteiger partial charge in [-0.25, -0.2) is 0 Å². The number of nitrogens with one attached hydrogen (secondary N) is 1. The van der Waals surface area contributed by atoms with Gasteiger partial charge in [-0.05, 0) is 37.1 Å². The Hall–Kier alpha value is -2.88. The zero-order chi connectivity index (χ0) is 17.9. The van der Waals surface area contributed by atoms with E-state index in [1.165, 1.54) is 0 Å². The molecular weight excluding hydrogens is 322 g/mol. The highest BCUT2D eigenvalue weighted by Gasteiger charge is 2.27. The Bertz CT molecular complexity index is 923. The van der Waals surface area contributed by atoms with E-state index in [-0.39, 0.29) is 11.9 Å². The summed E-state index contributed by atoms with van der Waals surface area (Å²) in [6.07, 6.45) is 1.86. The summed E-state index contributed by atoms with van der Waals surface area (Å²) in [5.74, 6) is 0.115. The summed E-state index contributed by atoms with van der Waals surface area (Å²) in [7, 11) is 0. The quantitative estimate of drug-likeness (QED) is 0.773. The maximum absolute atomic E-state index is 12.6. The molecule has 1 aliphatic rings. The lowest BCUT2D eigenvalue weighted by atomic mass is 10.1. The van der Waals surface area contributed by atoms with E-state index in [0.29, 0.717) is 0 Å². The van der Waals surface area contributed by atoms with Gasteiger partial charge in [0.05, 0.1) is 5.52 Å². The largest absolute Gasteiger partial charge is 0.380 e. The molecule has 2 aromatic carbocycles. The number of pyridine rings is 1. The molecule has 0 bridgehead atoms. The summed E-state index contributed by atoms with van der Waals surface area (Å²) in [6.45, 7) is 3.64. The third-order valence-corrected chi connectivity index (χ3v) is 4.99.